The third kappa shape index (κ3) is 4.89. The lowest BCUT2D eigenvalue weighted by atomic mass is 10.2. The van der Waals surface area contributed by atoms with E-state index in [0.717, 1.165) is 62.2 Å². The molecule has 0 aliphatic carbocycles. The average Bonchev–Trinajstić information content (AvgIpc) is 2.63. The highest BCUT2D eigenvalue weighted by molar-refractivity contribution is 6.33. The van der Waals surface area contributed by atoms with Gasteiger partial charge in [-0.05, 0) is 43.7 Å². The molecule has 1 aliphatic heterocycles. The van der Waals surface area contributed by atoms with Crippen molar-refractivity contribution in [2.45, 2.75) is 12.8 Å². The minimum Gasteiger partial charge on any atom is -0.494 e. The van der Waals surface area contributed by atoms with E-state index >= 15 is 0 Å². The highest BCUT2D eigenvalue weighted by atomic mass is 35.5. The van der Waals surface area contributed by atoms with Crippen LogP contribution in [0.25, 0.3) is 0 Å². The summed E-state index contributed by atoms with van der Waals surface area (Å²) in [5, 5.41) is 0.851. The van der Waals surface area contributed by atoms with Crippen LogP contribution in [0.5, 0.6) is 5.75 Å². The van der Waals surface area contributed by atoms with E-state index in [1.165, 1.54) is 6.42 Å². The molecule has 3 nitrogen and oxygen atoms in total. The topological polar surface area (TPSA) is 15.7 Å². The van der Waals surface area contributed by atoms with Crippen molar-refractivity contribution in [3.05, 3.63) is 59.6 Å². The third-order valence-electron chi connectivity index (χ3n) is 4.45. The molecule has 24 heavy (non-hydrogen) atoms. The minimum absolute atomic E-state index is 0.795. The summed E-state index contributed by atoms with van der Waals surface area (Å²) in [6.45, 7) is 6.24. The largest absolute Gasteiger partial charge is 0.494 e. The maximum atomic E-state index is 6.29. The first kappa shape index (κ1) is 17.1. The molecule has 0 aromatic heterocycles. The van der Waals surface area contributed by atoms with Gasteiger partial charge in [-0.15, -0.1) is 0 Å². The Hall–Kier alpha value is -1.71. The Morgan fingerprint density at radius 2 is 1.54 bits per heavy atom. The van der Waals surface area contributed by atoms with Gasteiger partial charge >= 0.3 is 0 Å². The lowest BCUT2D eigenvalue weighted by Crippen LogP contribution is -2.46. The Labute approximate surface area is 149 Å². The number of nitrogens with zero attached hydrogens (tertiary/aromatic N) is 2. The van der Waals surface area contributed by atoms with E-state index < -0.39 is 0 Å². The van der Waals surface area contributed by atoms with Gasteiger partial charge < -0.3 is 9.64 Å². The van der Waals surface area contributed by atoms with Crippen LogP contribution in [0.2, 0.25) is 5.02 Å². The first-order valence-corrected chi connectivity index (χ1v) is 9.10. The molecule has 3 rings (SSSR count). The molecular formula is C20H25ClN2O. The van der Waals surface area contributed by atoms with Crippen molar-refractivity contribution < 1.29 is 4.74 Å². The molecule has 128 valence electrons. The van der Waals surface area contributed by atoms with Crippen molar-refractivity contribution in [1.82, 2.24) is 4.90 Å². The molecule has 4 heteroatoms. The lowest BCUT2D eigenvalue weighted by molar-refractivity contribution is 0.238. The molecule has 1 fully saturated rings. The molecule has 0 unspecified atom stereocenters. The number of unbranched alkanes of at least 4 members (excludes halogenated alkanes) is 1. The van der Waals surface area contributed by atoms with E-state index in [4.69, 9.17) is 16.3 Å². The molecule has 0 amide bonds. The van der Waals surface area contributed by atoms with E-state index in [1.807, 2.05) is 42.5 Å². The quantitative estimate of drug-likeness (QED) is 0.696. The molecule has 1 heterocycles. The fourth-order valence-corrected chi connectivity index (χ4v) is 3.32. The Bertz CT molecular complexity index is 612. The zero-order chi connectivity index (χ0) is 16.6. The SMILES string of the molecule is Clc1ccccc1N1CCN(CCCCOc2ccccc2)CC1. The van der Waals surface area contributed by atoms with Gasteiger partial charge in [-0.2, -0.15) is 0 Å². The first-order valence-electron chi connectivity index (χ1n) is 8.72. The van der Waals surface area contributed by atoms with E-state index in [2.05, 4.69) is 21.9 Å². The molecule has 2 aromatic rings. The smallest absolute Gasteiger partial charge is 0.119 e. The van der Waals surface area contributed by atoms with Crippen LogP contribution in [-0.4, -0.2) is 44.2 Å². The van der Waals surface area contributed by atoms with Gasteiger partial charge in [-0.25, -0.2) is 0 Å². The van der Waals surface area contributed by atoms with Gasteiger partial charge in [-0.1, -0.05) is 41.9 Å². The van der Waals surface area contributed by atoms with Crippen LogP contribution in [0.4, 0.5) is 5.69 Å². The van der Waals surface area contributed by atoms with Crippen molar-refractivity contribution in [1.29, 1.82) is 0 Å². The third-order valence-corrected chi connectivity index (χ3v) is 4.77. The van der Waals surface area contributed by atoms with Crippen molar-refractivity contribution >= 4 is 17.3 Å². The van der Waals surface area contributed by atoms with E-state index in [1.54, 1.807) is 0 Å². The van der Waals surface area contributed by atoms with Gasteiger partial charge in [0.2, 0.25) is 0 Å². The number of piperazine rings is 1. The van der Waals surface area contributed by atoms with Gasteiger partial charge in [0.15, 0.2) is 0 Å². The second-order valence-electron chi connectivity index (χ2n) is 6.15. The number of halogens is 1. The molecular weight excluding hydrogens is 320 g/mol. The molecule has 2 aromatic carbocycles. The second kappa shape index (κ2) is 8.95. The summed E-state index contributed by atoms with van der Waals surface area (Å²) in [6, 6.07) is 18.2. The van der Waals surface area contributed by atoms with Crippen LogP contribution in [0, 0.1) is 0 Å². The van der Waals surface area contributed by atoms with Crippen molar-refractivity contribution in [3.63, 3.8) is 0 Å². The predicted octanol–water partition coefficient (Wildman–Crippen LogP) is 4.32. The monoisotopic (exact) mass is 344 g/mol. The summed E-state index contributed by atoms with van der Waals surface area (Å²) in [5.74, 6) is 0.964. The number of hydrogen-bond acceptors (Lipinski definition) is 3. The second-order valence-corrected chi connectivity index (χ2v) is 6.56. The first-order chi connectivity index (χ1) is 11.8. The van der Waals surface area contributed by atoms with Crippen LogP contribution < -0.4 is 9.64 Å². The summed E-state index contributed by atoms with van der Waals surface area (Å²) in [4.78, 5) is 4.92. The van der Waals surface area contributed by atoms with Crippen LogP contribution in [0.3, 0.4) is 0 Å². The average molecular weight is 345 g/mol. The summed E-state index contributed by atoms with van der Waals surface area (Å²) in [5.41, 5.74) is 1.16. The normalized spacial score (nSPS) is 15.5. The van der Waals surface area contributed by atoms with Crippen molar-refractivity contribution in [3.8, 4) is 5.75 Å². The highest BCUT2D eigenvalue weighted by Gasteiger charge is 2.18. The zero-order valence-corrected chi connectivity index (χ0v) is 14.8. The standard InChI is InChI=1S/C20H25ClN2O/c21-19-10-4-5-11-20(19)23-15-13-22(14-16-23)12-6-7-17-24-18-8-2-1-3-9-18/h1-5,8-11H,6-7,12-17H2. The van der Waals surface area contributed by atoms with Crippen LogP contribution >= 0.6 is 11.6 Å². The maximum Gasteiger partial charge on any atom is 0.119 e. The fraction of sp³-hybridized carbons (Fsp3) is 0.400. The number of para-hydroxylation sites is 2. The van der Waals surface area contributed by atoms with Crippen LogP contribution in [0.1, 0.15) is 12.8 Å². The number of benzene rings is 2. The Kier molecular flexibility index (Phi) is 6.39. The number of rotatable bonds is 7. The Morgan fingerprint density at radius 3 is 2.29 bits per heavy atom. The highest BCUT2D eigenvalue weighted by Crippen LogP contribution is 2.26. The summed E-state index contributed by atoms with van der Waals surface area (Å²) >= 11 is 6.29. The van der Waals surface area contributed by atoms with Gasteiger partial charge in [0.25, 0.3) is 0 Å². The fourth-order valence-electron chi connectivity index (χ4n) is 3.06. The van der Waals surface area contributed by atoms with Crippen molar-refractivity contribution in [2.75, 3.05) is 44.2 Å². The maximum absolute atomic E-state index is 6.29. The minimum atomic E-state index is 0.795. The predicted molar refractivity (Wildman–Crippen MR) is 101 cm³/mol. The van der Waals surface area contributed by atoms with Gasteiger partial charge in [0.05, 0.1) is 17.3 Å². The van der Waals surface area contributed by atoms with E-state index in [9.17, 15) is 0 Å². The summed E-state index contributed by atoms with van der Waals surface area (Å²) in [6.07, 6.45) is 2.28. The Morgan fingerprint density at radius 1 is 0.833 bits per heavy atom. The molecule has 0 radical (unpaired) electrons. The summed E-state index contributed by atoms with van der Waals surface area (Å²) in [7, 11) is 0. The zero-order valence-electron chi connectivity index (χ0n) is 14.0. The number of ether oxygens (including phenoxy) is 1. The van der Waals surface area contributed by atoms with Crippen LogP contribution in [0.15, 0.2) is 54.6 Å². The van der Waals surface area contributed by atoms with Gasteiger partial charge in [0, 0.05) is 26.2 Å². The van der Waals surface area contributed by atoms with Crippen molar-refractivity contribution in [2.24, 2.45) is 0 Å². The van der Waals surface area contributed by atoms with Crippen LogP contribution in [-0.2, 0) is 0 Å². The van der Waals surface area contributed by atoms with Gasteiger partial charge in [0.1, 0.15) is 5.75 Å². The molecule has 0 spiro atoms. The molecule has 0 bridgehead atoms. The summed E-state index contributed by atoms with van der Waals surface area (Å²) < 4.78 is 5.74. The van der Waals surface area contributed by atoms with Gasteiger partial charge in [-0.3, -0.25) is 4.90 Å². The molecule has 1 saturated heterocycles. The lowest BCUT2D eigenvalue weighted by Gasteiger charge is -2.36. The Balaban J connectivity index is 1.32. The molecule has 0 atom stereocenters. The molecule has 0 saturated carbocycles. The molecule has 1 aliphatic rings. The van der Waals surface area contributed by atoms with E-state index in [-0.39, 0.29) is 0 Å². The molecule has 0 N–H and O–H groups in total. The number of anilines is 1. The number of hydrogen-bond donors (Lipinski definition) is 0. The van der Waals surface area contributed by atoms with E-state index in [0.29, 0.717) is 0 Å².